The minimum atomic E-state index is -0.749. The minimum absolute atomic E-state index is 0.148. The standard InChI is InChI=1S/C14H14O4/c1-9(2)17-14(16)18-13-8-7-12(15)10-5-3-4-6-11(10)13/h3-9,15H,1-2H3. The maximum absolute atomic E-state index is 11.4. The van der Waals surface area contributed by atoms with E-state index in [9.17, 15) is 9.90 Å². The SMILES string of the molecule is CC(C)OC(=O)Oc1ccc(O)c2ccccc12. The molecule has 0 amide bonds. The molecule has 2 rings (SSSR count). The van der Waals surface area contributed by atoms with E-state index >= 15 is 0 Å². The van der Waals surface area contributed by atoms with Crippen molar-refractivity contribution in [2.24, 2.45) is 0 Å². The second-order valence-electron chi connectivity index (χ2n) is 4.15. The van der Waals surface area contributed by atoms with Crippen LogP contribution in [-0.2, 0) is 4.74 Å². The molecule has 2 aromatic carbocycles. The molecule has 0 aliphatic rings. The normalized spacial score (nSPS) is 10.6. The molecule has 0 saturated carbocycles. The van der Waals surface area contributed by atoms with Crippen LogP contribution >= 0.6 is 0 Å². The smallest absolute Gasteiger partial charge is 0.507 e. The number of phenolic OH excluding ortho intramolecular Hbond substituents is 1. The van der Waals surface area contributed by atoms with Crippen molar-refractivity contribution < 1.29 is 19.4 Å². The van der Waals surface area contributed by atoms with Gasteiger partial charge >= 0.3 is 6.16 Å². The fourth-order valence-corrected chi connectivity index (χ4v) is 1.65. The third-order valence-corrected chi connectivity index (χ3v) is 2.39. The lowest BCUT2D eigenvalue weighted by molar-refractivity contribution is 0.0733. The van der Waals surface area contributed by atoms with Crippen molar-refractivity contribution in [3.05, 3.63) is 36.4 Å². The van der Waals surface area contributed by atoms with E-state index in [4.69, 9.17) is 9.47 Å². The monoisotopic (exact) mass is 246 g/mol. The number of phenols is 1. The van der Waals surface area contributed by atoms with Crippen molar-refractivity contribution in [2.45, 2.75) is 20.0 Å². The Morgan fingerprint density at radius 2 is 1.78 bits per heavy atom. The zero-order valence-corrected chi connectivity index (χ0v) is 10.2. The van der Waals surface area contributed by atoms with Crippen LogP contribution in [0, 0.1) is 0 Å². The molecule has 0 atom stereocenters. The number of hydrogen-bond acceptors (Lipinski definition) is 4. The van der Waals surface area contributed by atoms with E-state index in [1.807, 2.05) is 6.07 Å². The van der Waals surface area contributed by atoms with Gasteiger partial charge in [0.2, 0.25) is 0 Å². The average molecular weight is 246 g/mol. The van der Waals surface area contributed by atoms with Gasteiger partial charge in [-0.15, -0.1) is 0 Å². The summed E-state index contributed by atoms with van der Waals surface area (Å²) in [4.78, 5) is 11.4. The zero-order chi connectivity index (χ0) is 13.1. The molecule has 4 nitrogen and oxygen atoms in total. The molecule has 0 fully saturated rings. The maximum Gasteiger partial charge on any atom is 0.514 e. The highest BCUT2D eigenvalue weighted by atomic mass is 16.7. The van der Waals surface area contributed by atoms with E-state index in [-0.39, 0.29) is 11.9 Å². The summed E-state index contributed by atoms with van der Waals surface area (Å²) in [7, 11) is 0. The zero-order valence-electron chi connectivity index (χ0n) is 10.2. The van der Waals surface area contributed by atoms with Gasteiger partial charge in [-0.2, -0.15) is 0 Å². The Balaban J connectivity index is 2.34. The number of hydrogen-bond donors (Lipinski definition) is 1. The van der Waals surface area contributed by atoms with Crippen LogP contribution in [0.3, 0.4) is 0 Å². The number of rotatable bonds is 2. The molecule has 1 N–H and O–H groups in total. The van der Waals surface area contributed by atoms with Gasteiger partial charge in [0.1, 0.15) is 11.5 Å². The minimum Gasteiger partial charge on any atom is -0.507 e. The molecule has 0 unspecified atom stereocenters. The van der Waals surface area contributed by atoms with E-state index in [0.717, 1.165) is 0 Å². The summed E-state index contributed by atoms with van der Waals surface area (Å²) in [6.45, 7) is 3.49. The lowest BCUT2D eigenvalue weighted by atomic mass is 10.1. The van der Waals surface area contributed by atoms with Crippen LogP contribution in [-0.4, -0.2) is 17.4 Å². The van der Waals surface area contributed by atoms with Crippen LogP contribution in [0.25, 0.3) is 10.8 Å². The Hall–Kier alpha value is -2.23. The summed E-state index contributed by atoms with van der Waals surface area (Å²) < 4.78 is 10.0. The summed E-state index contributed by atoms with van der Waals surface area (Å²) in [6, 6.07) is 10.2. The molecule has 0 saturated heterocycles. The van der Waals surface area contributed by atoms with E-state index < -0.39 is 6.16 Å². The number of carbonyl (C=O) groups is 1. The number of ether oxygens (including phenoxy) is 2. The third kappa shape index (κ3) is 2.53. The molecule has 0 spiro atoms. The van der Waals surface area contributed by atoms with Gasteiger partial charge in [0, 0.05) is 10.8 Å². The fourth-order valence-electron chi connectivity index (χ4n) is 1.65. The highest BCUT2D eigenvalue weighted by Crippen LogP contribution is 2.32. The van der Waals surface area contributed by atoms with Crippen LogP contribution < -0.4 is 4.74 Å². The quantitative estimate of drug-likeness (QED) is 0.651. The summed E-state index contributed by atoms with van der Waals surface area (Å²) in [6.07, 6.45) is -0.985. The van der Waals surface area contributed by atoms with Gasteiger partial charge in [-0.3, -0.25) is 0 Å². The largest absolute Gasteiger partial charge is 0.514 e. The van der Waals surface area contributed by atoms with Gasteiger partial charge in [0.05, 0.1) is 6.10 Å². The van der Waals surface area contributed by atoms with Crippen LogP contribution in [0.1, 0.15) is 13.8 Å². The molecular formula is C14H14O4. The van der Waals surface area contributed by atoms with Crippen molar-refractivity contribution in [3.8, 4) is 11.5 Å². The molecule has 2 aromatic rings. The summed E-state index contributed by atoms with van der Waals surface area (Å²) in [5.74, 6) is 0.518. The van der Waals surface area contributed by atoms with Crippen molar-refractivity contribution in [3.63, 3.8) is 0 Å². The highest BCUT2D eigenvalue weighted by molar-refractivity contribution is 5.94. The van der Waals surface area contributed by atoms with Crippen LogP contribution in [0.4, 0.5) is 4.79 Å². The van der Waals surface area contributed by atoms with Crippen LogP contribution in [0.2, 0.25) is 0 Å². The van der Waals surface area contributed by atoms with Gasteiger partial charge in [-0.05, 0) is 26.0 Å². The second kappa shape index (κ2) is 4.96. The van der Waals surface area contributed by atoms with E-state index in [0.29, 0.717) is 16.5 Å². The Kier molecular flexibility index (Phi) is 3.37. The first-order valence-electron chi connectivity index (χ1n) is 5.67. The number of benzene rings is 2. The Morgan fingerprint density at radius 3 is 2.44 bits per heavy atom. The van der Waals surface area contributed by atoms with E-state index in [2.05, 4.69) is 0 Å². The number of aromatic hydroxyl groups is 1. The molecule has 0 bridgehead atoms. The predicted molar refractivity (Wildman–Crippen MR) is 67.9 cm³/mol. The molecular weight excluding hydrogens is 232 g/mol. The summed E-state index contributed by atoms with van der Waals surface area (Å²) in [5.41, 5.74) is 0. The van der Waals surface area contributed by atoms with E-state index in [1.54, 1.807) is 38.1 Å². The first-order valence-corrected chi connectivity index (χ1v) is 5.67. The average Bonchev–Trinajstić information content (AvgIpc) is 2.32. The first-order chi connectivity index (χ1) is 8.58. The molecule has 0 aromatic heterocycles. The lowest BCUT2D eigenvalue weighted by Gasteiger charge is -2.10. The fraction of sp³-hybridized carbons (Fsp3) is 0.214. The molecule has 4 heteroatoms. The van der Waals surface area contributed by atoms with Gasteiger partial charge in [0.15, 0.2) is 0 Å². The molecule has 18 heavy (non-hydrogen) atoms. The van der Waals surface area contributed by atoms with Crippen LogP contribution in [0.15, 0.2) is 36.4 Å². The maximum atomic E-state index is 11.4. The Bertz CT molecular complexity index is 575. The summed E-state index contributed by atoms with van der Waals surface area (Å²) in [5, 5.41) is 11.0. The van der Waals surface area contributed by atoms with Crippen molar-refractivity contribution in [1.82, 2.24) is 0 Å². The van der Waals surface area contributed by atoms with Gasteiger partial charge in [-0.1, -0.05) is 24.3 Å². The first kappa shape index (κ1) is 12.2. The number of carbonyl (C=O) groups excluding carboxylic acids is 1. The van der Waals surface area contributed by atoms with Crippen molar-refractivity contribution >= 4 is 16.9 Å². The molecule has 0 radical (unpaired) electrons. The van der Waals surface area contributed by atoms with Crippen molar-refractivity contribution in [1.29, 1.82) is 0 Å². The van der Waals surface area contributed by atoms with Crippen molar-refractivity contribution in [2.75, 3.05) is 0 Å². The molecule has 0 aliphatic carbocycles. The Morgan fingerprint density at radius 1 is 1.11 bits per heavy atom. The van der Waals surface area contributed by atoms with Gasteiger partial charge in [0.25, 0.3) is 0 Å². The lowest BCUT2D eigenvalue weighted by Crippen LogP contribution is -2.15. The predicted octanol–water partition coefficient (Wildman–Crippen LogP) is 3.47. The second-order valence-corrected chi connectivity index (χ2v) is 4.15. The molecule has 0 aliphatic heterocycles. The Labute approximate surface area is 105 Å². The molecule has 0 heterocycles. The van der Waals surface area contributed by atoms with Crippen LogP contribution in [0.5, 0.6) is 11.5 Å². The highest BCUT2D eigenvalue weighted by Gasteiger charge is 2.12. The number of fused-ring (bicyclic) bond motifs is 1. The van der Waals surface area contributed by atoms with Gasteiger partial charge < -0.3 is 14.6 Å². The molecule has 94 valence electrons. The topological polar surface area (TPSA) is 55.8 Å². The van der Waals surface area contributed by atoms with Gasteiger partial charge in [-0.25, -0.2) is 4.79 Å². The summed E-state index contributed by atoms with van der Waals surface area (Å²) >= 11 is 0. The third-order valence-electron chi connectivity index (χ3n) is 2.39. The van der Waals surface area contributed by atoms with E-state index in [1.165, 1.54) is 6.07 Å².